The van der Waals surface area contributed by atoms with E-state index in [1.165, 1.54) is 16.7 Å². The molecule has 0 fully saturated rings. The second kappa shape index (κ2) is 5.82. The predicted molar refractivity (Wildman–Crippen MR) is 99.7 cm³/mol. The Kier molecular flexibility index (Phi) is 3.51. The maximum Gasteiger partial charge on any atom is 0.189 e. The highest BCUT2D eigenvalue weighted by atomic mass is 16.1. The van der Waals surface area contributed by atoms with Gasteiger partial charge in [0.2, 0.25) is 0 Å². The van der Waals surface area contributed by atoms with Gasteiger partial charge in [0.1, 0.15) is 0 Å². The second-order valence-electron chi connectivity index (χ2n) is 5.93. The summed E-state index contributed by atoms with van der Waals surface area (Å²) in [5.41, 5.74) is 5.59. The van der Waals surface area contributed by atoms with E-state index >= 15 is 0 Å². The van der Waals surface area contributed by atoms with Gasteiger partial charge in [-0.05, 0) is 41.8 Å². The van der Waals surface area contributed by atoms with E-state index in [4.69, 9.17) is 0 Å². The number of nitrogens with zero attached hydrogens (tertiary/aromatic N) is 1. The van der Waals surface area contributed by atoms with Crippen LogP contribution in [0.15, 0.2) is 89.9 Å². The first-order valence-electron chi connectivity index (χ1n) is 8.01. The van der Waals surface area contributed by atoms with Crippen LogP contribution in [-0.4, -0.2) is 4.57 Å². The summed E-state index contributed by atoms with van der Waals surface area (Å²) < 4.78 is 2.10. The summed E-state index contributed by atoms with van der Waals surface area (Å²) in [7, 11) is 0. The number of benzene rings is 3. The molecule has 0 spiro atoms. The minimum Gasteiger partial charge on any atom is -0.316 e. The summed E-state index contributed by atoms with van der Waals surface area (Å²) in [4.78, 5) is 12.1. The lowest BCUT2D eigenvalue weighted by molar-refractivity contribution is 1.08. The highest BCUT2D eigenvalue weighted by Gasteiger charge is 2.08. The fourth-order valence-corrected chi connectivity index (χ4v) is 3.09. The van der Waals surface area contributed by atoms with Gasteiger partial charge in [0.05, 0.1) is 5.52 Å². The van der Waals surface area contributed by atoms with Crippen LogP contribution in [0.2, 0.25) is 0 Å². The van der Waals surface area contributed by atoms with Gasteiger partial charge in [0.15, 0.2) is 5.43 Å². The number of aromatic nitrogens is 1. The lowest BCUT2D eigenvalue weighted by Crippen LogP contribution is -2.07. The van der Waals surface area contributed by atoms with Gasteiger partial charge in [-0.1, -0.05) is 54.6 Å². The van der Waals surface area contributed by atoms with E-state index in [9.17, 15) is 4.79 Å². The summed E-state index contributed by atoms with van der Waals surface area (Å²) in [6, 6.07) is 26.2. The van der Waals surface area contributed by atoms with E-state index in [1.807, 2.05) is 48.7 Å². The Morgan fingerprint density at radius 3 is 2.33 bits per heavy atom. The summed E-state index contributed by atoms with van der Waals surface area (Å²) in [5.74, 6) is 0. The third-order valence-corrected chi connectivity index (χ3v) is 4.38. The van der Waals surface area contributed by atoms with Crippen LogP contribution in [-0.2, 0) is 0 Å². The molecule has 24 heavy (non-hydrogen) atoms. The molecule has 3 aromatic carbocycles. The maximum absolute atomic E-state index is 12.1. The number of hydrogen-bond acceptors (Lipinski definition) is 1. The Hall–Kier alpha value is -3.13. The van der Waals surface area contributed by atoms with Crippen molar-refractivity contribution in [2.75, 3.05) is 0 Å². The zero-order valence-electron chi connectivity index (χ0n) is 13.4. The van der Waals surface area contributed by atoms with Crippen molar-refractivity contribution >= 4 is 10.9 Å². The Labute approximate surface area is 140 Å². The lowest BCUT2D eigenvalue weighted by atomic mass is 10.0. The van der Waals surface area contributed by atoms with Crippen molar-refractivity contribution in [3.63, 3.8) is 0 Å². The molecule has 1 aromatic heterocycles. The van der Waals surface area contributed by atoms with Gasteiger partial charge in [0.25, 0.3) is 0 Å². The Morgan fingerprint density at radius 1 is 0.750 bits per heavy atom. The fourth-order valence-electron chi connectivity index (χ4n) is 3.09. The number of fused-ring (bicyclic) bond motifs is 1. The van der Waals surface area contributed by atoms with Gasteiger partial charge >= 0.3 is 0 Å². The van der Waals surface area contributed by atoms with Crippen molar-refractivity contribution in [1.29, 1.82) is 0 Å². The Balaban J connectivity index is 1.98. The first kappa shape index (κ1) is 14.5. The largest absolute Gasteiger partial charge is 0.316 e. The van der Waals surface area contributed by atoms with Crippen LogP contribution >= 0.6 is 0 Å². The summed E-state index contributed by atoms with van der Waals surface area (Å²) in [5, 5.41) is 0.740. The monoisotopic (exact) mass is 311 g/mol. The van der Waals surface area contributed by atoms with Crippen LogP contribution in [0.3, 0.4) is 0 Å². The second-order valence-corrected chi connectivity index (χ2v) is 5.93. The van der Waals surface area contributed by atoms with Gasteiger partial charge in [-0.3, -0.25) is 4.79 Å². The number of rotatable bonds is 2. The fraction of sp³-hybridized carbons (Fsp3) is 0.0455. The Bertz CT molecular complexity index is 1080. The standard InChI is InChI=1S/C22H17NO/c1-16-11-12-18(17-7-3-2-4-8-17)15-21(16)23-14-13-22(24)19-9-5-6-10-20(19)23/h2-15H,1H3. The van der Waals surface area contributed by atoms with E-state index in [-0.39, 0.29) is 5.43 Å². The molecule has 0 unspecified atom stereocenters. The molecule has 1 heterocycles. The molecule has 0 bridgehead atoms. The van der Waals surface area contributed by atoms with Crippen molar-refractivity contribution in [1.82, 2.24) is 4.57 Å². The third kappa shape index (κ3) is 2.42. The summed E-state index contributed by atoms with van der Waals surface area (Å²) >= 11 is 0. The predicted octanol–water partition coefficient (Wildman–Crippen LogP) is 4.97. The van der Waals surface area contributed by atoms with Gasteiger partial charge < -0.3 is 4.57 Å². The number of para-hydroxylation sites is 1. The van der Waals surface area contributed by atoms with Crippen molar-refractivity contribution in [3.8, 4) is 16.8 Å². The number of aryl methyl sites for hydroxylation is 1. The smallest absolute Gasteiger partial charge is 0.189 e. The third-order valence-electron chi connectivity index (χ3n) is 4.38. The van der Waals surface area contributed by atoms with E-state index < -0.39 is 0 Å². The average Bonchev–Trinajstić information content (AvgIpc) is 2.64. The quantitative estimate of drug-likeness (QED) is 0.512. The minimum absolute atomic E-state index is 0.0544. The molecular weight excluding hydrogens is 294 g/mol. The van der Waals surface area contributed by atoms with Crippen LogP contribution in [0.25, 0.3) is 27.7 Å². The van der Waals surface area contributed by atoms with E-state index in [2.05, 4.69) is 41.8 Å². The molecule has 0 saturated carbocycles. The maximum atomic E-state index is 12.1. The van der Waals surface area contributed by atoms with Crippen molar-refractivity contribution in [2.24, 2.45) is 0 Å². The molecular formula is C22H17NO. The molecule has 0 aliphatic rings. The SMILES string of the molecule is Cc1ccc(-c2ccccc2)cc1-n1ccc(=O)c2ccccc21. The number of hydrogen-bond donors (Lipinski definition) is 0. The van der Waals surface area contributed by atoms with Crippen LogP contribution in [0.4, 0.5) is 0 Å². The molecule has 4 aromatic rings. The highest BCUT2D eigenvalue weighted by molar-refractivity contribution is 5.81. The van der Waals surface area contributed by atoms with E-state index in [1.54, 1.807) is 6.07 Å². The molecule has 0 aliphatic heterocycles. The zero-order valence-corrected chi connectivity index (χ0v) is 13.4. The zero-order chi connectivity index (χ0) is 16.5. The van der Waals surface area contributed by atoms with Crippen LogP contribution in [0.5, 0.6) is 0 Å². The first-order chi connectivity index (χ1) is 11.7. The first-order valence-corrected chi connectivity index (χ1v) is 8.01. The molecule has 2 nitrogen and oxygen atoms in total. The average molecular weight is 311 g/mol. The molecule has 0 aliphatic carbocycles. The van der Waals surface area contributed by atoms with E-state index in [0.717, 1.165) is 16.6 Å². The molecule has 0 radical (unpaired) electrons. The van der Waals surface area contributed by atoms with Crippen molar-refractivity contribution in [3.05, 3.63) is 101 Å². The molecule has 0 atom stereocenters. The molecule has 2 heteroatoms. The summed E-state index contributed by atoms with van der Waals surface area (Å²) in [6.07, 6.45) is 1.86. The summed E-state index contributed by atoms with van der Waals surface area (Å²) in [6.45, 7) is 2.09. The van der Waals surface area contributed by atoms with Crippen molar-refractivity contribution in [2.45, 2.75) is 6.92 Å². The minimum atomic E-state index is 0.0544. The lowest BCUT2D eigenvalue weighted by Gasteiger charge is -2.15. The van der Waals surface area contributed by atoms with Gasteiger partial charge in [-0.25, -0.2) is 0 Å². The molecule has 0 amide bonds. The highest BCUT2D eigenvalue weighted by Crippen LogP contribution is 2.26. The molecule has 4 rings (SSSR count). The van der Waals surface area contributed by atoms with Crippen molar-refractivity contribution < 1.29 is 0 Å². The van der Waals surface area contributed by atoms with Crippen LogP contribution in [0, 0.1) is 6.92 Å². The van der Waals surface area contributed by atoms with Crippen LogP contribution < -0.4 is 5.43 Å². The molecule has 0 N–H and O–H groups in total. The van der Waals surface area contributed by atoms with Gasteiger partial charge in [-0.15, -0.1) is 0 Å². The van der Waals surface area contributed by atoms with Gasteiger partial charge in [0, 0.05) is 23.3 Å². The molecule has 0 saturated heterocycles. The molecule has 116 valence electrons. The van der Waals surface area contributed by atoms with Gasteiger partial charge in [-0.2, -0.15) is 0 Å². The topological polar surface area (TPSA) is 22.0 Å². The normalized spacial score (nSPS) is 10.9. The number of pyridine rings is 1. The Morgan fingerprint density at radius 2 is 1.50 bits per heavy atom. The van der Waals surface area contributed by atoms with Crippen LogP contribution in [0.1, 0.15) is 5.56 Å². The van der Waals surface area contributed by atoms with E-state index in [0.29, 0.717) is 0 Å².